The maximum atomic E-state index is 11.7. The van der Waals surface area contributed by atoms with Crippen molar-refractivity contribution in [1.82, 2.24) is 5.32 Å². The van der Waals surface area contributed by atoms with Crippen molar-refractivity contribution < 1.29 is 18.7 Å². The summed E-state index contributed by atoms with van der Waals surface area (Å²) in [4.78, 5) is 11.7. The summed E-state index contributed by atoms with van der Waals surface area (Å²) in [6, 6.07) is 7.01. The second-order valence-corrected chi connectivity index (χ2v) is 4.99. The van der Waals surface area contributed by atoms with Gasteiger partial charge in [-0.1, -0.05) is 11.6 Å². The maximum Gasteiger partial charge on any atom is 0.286 e. The zero-order chi connectivity index (χ0) is 14.7. The van der Waals surface area contributed by atoms with Gasteiger partial charge in [-0.2, -0.15) is 0 Å². The van der Waals surface area contributed by atoms with E-state index in [2.05, 4.69) is 5.32 Å². The first-order valence-electron chi connectivity index (χ1n) is 6.64. The first kappa shape index (κ1) is 13.8. The minimum atomic E-state index is -0.233. The number of benzene rings is 1. The van der Waals surface area contributed by atoms with E-state index in [0.717, 1.165) is 5.56 Å². The molecular formula is C15H14ClNO4. The van der Waals surface area contributed by atoms with Crippen molar-refractivity contribution in [3.05, 3.63) is 46.9 Å². The number of ether oxygens (including phenoxy) is 2. The van der Waals surface area contributed by atoms with Gasteiger partial charge < -0.3 is 19.2 Å². The van der Waals surface area contributed by atoms with Crippen LogP contribution < -0.4 is 14.8 Å². The van der Waals surface area contributed by atoms with Crippen LogP contribution in [-0.4, -0.2) is 25.7 Å². The number of halogens is 1. The molecule has 0 saturated carbocycles. The lowest BCUT2D eigenvalue weighted by atomic mass is 10.1. The van der Waals surface area contributed by atoms with Crippen molar-refractivity contribution in [2.24, 2.45) is 0 Å². The van der Waals surface area contributed by atoms with Crippen molar-refractivity contribution in [3.8, 4) is 11.5 Å². The van der Waals surface area contributed by atoms with E-state index in [1.54, 1.807) is 12.1 Å². The zero-order valence-corrected chi connectivity index (χ0v) is 12.0. The van der Waals surface area contributed by atoms with Gasteiger partial charge in [-0.25, -0.2) is 0 Å². The van der Waals surface area contributed by atoms with Gasteiger partial charge in [0.2, 0.25) is 0 Å². The van der Waals surface area contributed by atoms with Crippen molar-refractivity contribution in [2.45, 2.75) is 6.42 Å². The van der Waals surface area contributed by atoms with Gasteiger partial charge in [-0.3, -0.25) is 4.79 Å². The summed E-state index contributed by atoms with van der Waals surface area (Å²) in [5.41, 5.74) is 0.976. The number of carbonyl (C=O) groups excluding carboxylic acids is 1. The Morgan fingerprint density at radius 2 is 2.14 bits per heavy atom. The average molecular weight is 308 g/mol. The molecule has 1 aromatic carbocycles. The van der Waals surface area contributed by atoms with E-state index in [9.17, 15) is 4.79 Å². The van der Waals surface area contributed by atoms with Gasteiger partial charge in [-0.05, 0) is 36.2 Å². The minimum Gasteiger partial charge on any atom is -0.486 e. The monoisotopic (exact) mass is 307 g/mol. The van der Waals surface area contributed by atoms with Crippen LogP contribution >= 0.6 is 11.6 Å². The molecule has 1 aliphatic heterocycles. The summed E-state index contributed by atoms with van der Waals surface area (Å²) in [6.45, 7) is 1.50. The van der Waals surface area contributed by atoms with Crippen molar-refractivity contribution >= 4 is 17.5 Å². The number of amides is 1. The number of rotatable bonds is 4. The number of hydrogen-bond acceptors (Lipinski definition) is 4. The summed E-state index contributed by atoms with van der Waals surface area (Å²) in [5.74, 6) is 1.31. The van der Waals surface area contributed by atoms with Crippen LogP contribution in [0.3, 0.4) is 0 Å². The highest BCUT2D eigenvalue weighted by molar-refractivity contribution is 6.32. The van der Waals surface area contributed by atoms with E-state index in [0.29, 0.717) is 48.5 Å². The molecule has 1 aliphatic rings. The highest BCUT2D eigenvalue weighted by atomic mass is 35.5. The molecule has 0 aliphatic carbocycles. The van der Waals surface area contributed by atoms with Gasteiger partial charge in [0.05, 0.1) is 11.3 Å². The number of fused-ring (bicyclic) bond motifs is 1. The van der Waals surface area contributed by atoms with Crippen LogP contribution in [0.15, 0.2) is 34.9 Å². The Morgan fingerprint density at radius 1 is 1.29 bits per heavy atom. The van der Waals surface area contributed by atoms with Gasteiger partial charge in [0.1, 0.15) is 13.2 Å². The zero-order valence-electron chi connectivity index (χ0n) is 11.2. The summed E-state index contributed by atoms with van der Waals surface area (Å²) in [6.07, 6.45) is 2.11. The van der Waals surface area contributed by atoms with Gasteiger partial charge in [0, 0.05) is 6.54 Å². The molecule has 0 fully saturated rings. The van der Waals surface area contributed by atoms with E-state index in [1.165, 1.54) is 6.26 Å². The van der Waals surface area contributed by atoms with Crippen LogP contribution in [0.4, 0.5) is 0 Å². The van der Waals surface area contributed by atoms with Gasteiger partial charge in [0.15, 0.2) is 17.3 Å². The first-order valence-corrected chi connectivity index (χ1v) is 7.01. The molecule has 3 rings (SSSR count). The topological polar surface area (TPSA) is 60.7 Å². The number of furan rings is 1. The third-order valence-corrected chi connectivity index (χ3v) is 3.38. The first-order chi connectivity index (χ1) is 10.2. The Hall–Kier alpha value is -2.14. The van der Waals surface area contributed by atoms with Crippen LogP contribution in [0, 0.1) is 0 Å². The highest BCUT2D eigenvalue weighted by Gasteiger charge is 2.16. The normalized spacial score (nSPS) is 13.0. The third-order valence-electron chi connectivity index (χ3n) is 3.10. The van der Waals surface area contributed by atoms with Gasteiger partial charge in [0.25, 0.3) is 5.91 Å². The fourth-order valence-corrected chi connectivity index (χ4v) is 2.41. The summed E-state index contributed by atoms with van der Waals surface area (Å²) in [5, 5.41) is 3.31. The molecule has 0 unspecified atom stereocenters. The second kappa shape index (κ2) is 6.10. The van der Waals surface area contributed by atoms with Gasteiger partial charge in [-0.15, -0.1) is 0 Å². The molecule has 6 heteroatoms. The lowest BCUT2D eigenvalue weighted by Gasteiger charge is -2.20. The van der Waals surface area contributed by atoms with Crippen LogP contribution in [0.5, 0.6) is 11.5 Å². The van der Waals surface area contributed by atoms with Gasteiger partial charge >= 0.3 is 0 Å². The lowest BCUT2D eigenvalue weighted by molar-refractivity contribution is 0.0926. The van der Waals surface area contributed by atoms with E-state index in [-0.39, 0.29) is 5.91 Å². The highest BCUT2D eigenvalue weighted by Crippen LogP contribution is 2.38. The number of nitrogens with one attached hydrogen (secondary N) is 1. The molecule has 5 nitrogen and oxygen atoms in total. The average Bonchev–Trinajstić information content (AvgIpc) is 3.01. The molecule has 0 radical (unpaired) electrons. The lowest BCUT2D eigenvalue weighted by Crippen LogP contribution is -2.25. The molecule has 1 N–H and O–H groups in total. The molecule has 0 spiro atoms. The molecular weight excluding hydrogens is 294 g/mol. The smallest absolute Gasteiger partial charge is 0.286 e. The van der Waals surface area contributed by atoms with E-state index < -0.39 is 0 Å². The third kappa shape index (κ3) is 3.13. The molecule has 1 aromatic heterocycles. The summed E-state index contributed by atoms with van der Waals surface area (Å²) in [7, 11) is 0. The standard InChI is InChI=1S/C15H14ClNO4/c16-11-8-10(9-13-14(11)21-7-6-20-13)3-4-17-15(18)12-2-1-5-19-12/h1-2,5,8-9H,3-4,6-7H2,(H,17,18). The Bertz CT molecular complexity index is 639. The quantitative estimate of drug-likeness (QED) is 0.943. The van der Waals surface area contributed by atoms with E-state index in [4.69, 9.17) is 25.5 Å². The molecule has 2 heterocycles. The van der Waals surface area contributed by atoms with Crippen molar-refractivity contribution in [1.29, 1.82) is 0 Å². The van der Waals surface area contributed by atoms with Crippen LogP contribution in [0.25, 0.3) is 0 Å². The molecule has 0 atom stereocenters. The maximum absolute atomic E-state index is 11.7. The van der Waals surface area contributed by atoms with Crippen LogP contribution in [0.2, 0.25) is 5.02 Å². The Morgan fingerprint density at radius 3 is 2.95 bits per heavy atom. The van der Waals surface area contributed by atoms with E-state index >= 15 is 0 Å². The van der Waals surface area contributed by atoms with Crippen molar-refractivity contribution in [3.63, 3.8) is 0 Å². The Labute approximate surface area is 126 Å². The Balaban J connectivity index is 1.61. The molecule has 2 aromatic rings. The summed E-state index contributed by atoms with van der Waals surface area (Å²) >= 11 is 6.16. The summed E-state index contributed by atoms with van der Waals surface area (Å²) < 4.78 is 16.0. The molecule has 0 saturated heterocycles. The fraction of sp³-hybridized carbons (Fsp3) is 0.267. The van der Waals surface area contributed by atoms with E-state index in [1.807, 2.05) is 12.1 Å². The van der Waals surface area contributed by atoms with Crippen LogP contribution in [-0.2, 0) is 6.42 Å². The van der Waals surface area contributed by atoms with Crippen molar-refractivity contribution in [2.75, 3.05) is 19.8 Å². The predicted octanol–water partition coefficient (Wildman–Crippen LogP) is 2.68. The van der Waals surface area contributed by atoms with Crippen LogP contribution in [0.1, 0.15) is 16.1 Å². The number of hydrogen-bond donors (Lipinski definition) is 1. The molecule has 110 valence electrons. The SMILES string of the molecule is O=C(NCCc1cc(Cl)c2c(c1)OCCO2)c1ccco1. The largest absolute Gasteiger partial charge is 0.486 e. The number of carbonyl (C=O) groups is 1. The molecule has 0 bridgehead atoms. The predicted molar refractivity (Wildman–Crippen MR) is 77.2 cm³/mol. The molecule has 1 amide bonds. The second-order valence-electron chi connectivity index (χ2n) is 4.59. The minimum absolute atomic E-state index is 0.233. The fourth-order valence-electron chi connectivity index (χ4n) is 2.12. The molecule has 21 heavy (non-hydrogen) atoms. The Kier molecular flexibility index (Phi) is 4.01.